The Kier molecular flexibility index (Phi) is 5.74. The van der Waals surface area contributed by atoms with E-state index in [1.807, 2.05) is 24.3 Å². The maximum absolute atomic E-state index is 13.8. The predicted octanol–water partition coefficient (Wildman–Crippen LogP) is 4.35. The lowest BCUT2D eigenvalue weighted by molar-refractivity contribution is 0.506. The topological polar surface area (TPSA) is 12.0 Å². The Morgan fingerprint density at radius 2 is 1.90 bits per heavy atom. The van der Waals surface area contributed by atoms with Crippen molar-refractivity contribution in [2.45, 2.75) is 25.8 Å². The summed E-state index contributed by atoms with van der Waals surface area (Å²) >= 11 is 3.49. The fourth-order valence-corrected chi connectivity index (χ4v) is 2.83. The highest BCUT2D eigenvalue weighted by atomic mass is 79.9. The average Bonchev–Trinajstić information content (AvgIpc) is 2.42. The summed E-state index contributed by atoms with van der Waals surface area (Å²) in [4.78, 5) is 0. The molecule has 3 heteroatoms. The number of hydrogen-bond acceptors (Lipinski definition) is 1. The molecule has 0 aliphatic heterocycles. The summed E-state index contributed by atoms with van der Waals surface area (Å²) in [7, 11) is 0. The first-order valence-electron chi connectivity index (χ1n) is 6.90. The van der Waals surface area contributed by atoms with Crippen molar-refractivity contribution in [3.63, 3.8) is 0 Å². The Balaban J connectivity index is 2.09. The van der Waals surface area contributed by atoms with E-state index in [1.165, 1.54) is 11.6 Å². The molecule has 0 bridgehead atoms. The summed E-state index contributed by atoms with van der Waals surface area (Å²) < 4.78 is 14.8. The summed E-state index contributed by atoms with van der Waals surface area (Å²) in [6.07, 6.45) is 1.59. The van der Waals surface area contributed by atoms with Crippen LogP contribution in [-0.2, 0) is 12.8 Å². The molecule has 0 fully saturated rings. The van der Waals surface area contributed by atoms with E-state index in [0.29, 0.717) is 6.42 Å². The van der Waals surface area contributed by atoms with Gasteiger partial charge in [0, 0.05) is 10.5 Å². The minimum absolute atomic E-state index is 0.121. The van der Waals surface area contributed by atoms with Crippen molar-refractivity contribution in [1.29, 1.82) is 0 Å². The van der Waals surface area contributed by atoms with Crippen LogP contribution in [0.3, 0.4) is 0 Å². The van der Waals surface area contributed by atoms with E-state index in [9.17, 15) is 4.39 Å². The minimum atomic E-state index is -0.121. The molecule has 2 rings (SSSR count). The first-order chi connectivity index (χ1) is 9.69. The Bertz CT molecular complexity index is 556. The zero-order chi connectivity index (χ0) is 14.4. The summed E-state index contributed by atoms with van der Waals surface area (Å²) in [5.74, 6) is -0.121. The first-order valence-corrected chi connectivity index (χ1v) is 7.69. The smallest absolute Gasteiger partial charge is 0.126 e. The molecule has 106 valence electrons. The lowest BCUT2D eigenvalue weighted by Gasteiger charge is -2.18. The molecule has 2 aromatic rings. The van der Waals surface area contributed by atoms with Crippen LogP contribution in [0.4, 0.5) is 4.39 Å². The molecule has 0 saturated heterocycles. The fraction of sp³-hybridized carbons (Fsp3) is 0.294. The van der Waals surface area contributed by atoms with Crippen LogP contribution in [0.5, 0.6) is 0 Å². The largest absolute Gasteiger partial charge is 0.314 e. The SMILES string of the molecule is CCNC(Cc1cccc(Br)c1)Cc1ccccc1F. The molecular formula is C17H19BrFN. The van der Waals surface area contributed by atoms with E-state index in [-0.39, 0.29) is 11.9 Å². The van der Waals surface area contributed by atoms with Gasteiger partial charge in [0.1, 0.15) is 5.82 Å². The highest BCUT2D eigenvalue weighted by molar-refractivity contribution is 9.10. The quantitative estimate of drug-likeness (QED) is 0.827. The maximum Gasteiger partial charge on any atom is 0.126 e. The van der Waals surface area contributed by atoms with Gasteiger partial charge in [0.05, 0.1) is 0 Å². The molecule has 0 aliphatic rings. The average molecular weight is 336 g/mol. The molecular weight excluding hydrogens is 317 g/mol. The van der Waals surface area contributed by atoms with Gasteiger partial charge in [-0.2, -0.15) is 0 Å². The number of halogens is 2. The Morgan fingerprint density at radius 3 is 2.60 bits per heavy atom. The van der Waals surface area contributed by atoms with Gasteiger partial charge < -0.3 is 5.32 Å². The van der Waals surface area contributed by atoms with Crippen molar-refractivity contribution in [2.75, 3.05) is 6.54 Å². The number of hydrogen-bond donors (Lipinski definition) is 1. The van der Waals surface area contributed by atoms with Crippen molar-refractivity contribution >= 4 is 15.9 Å². The third-order valence-corrected chi connectivity index (χ3v) is 3.78. The molecule has 0 spiro atoms. The van der Waals surface area contributed by atoms with Crippen LogP contribution < -0.4 is 5.32 Å². The molecule has 1 N–H and O–H groups in total. The Morgan fingerprint density at radius 1 is 1.10 bits per heavy atom. The van der Waals surface area contributed by atoms with Gasteiger partial charge >= 0.3 is 0 Å². The van der Waals surface area contributed by atoms with Crippen LogP contribution in [0.1, 0.15) is 18.1 Å². The van der Waals surface area contributed by atoms with Crippen molar-refractivity contribution < 1.29 is 4.39 Å². The number of nitrogens with one attached hydrogen (secondary N) is 1. The second kappa shape index (κ2) is 7.55. The van der Waals surface area contributed by atoms with Gasteiger partial charge in [0.25, 0.3) is 0 Å². The highest BCUT2D eigenvalue weighted by Crippen LogP contribution is 2.16. The second-order valence-corrected chi connectivity index (χ2v) is 5.80. The van der Waals surface area contributed by atoms with Crippen molar-refractivity contribution in [1.82, 2.24) is 5.32 Å². The molecule has 20 heavy (non-hydrogen) atoms. The number of rotatable bonds is 6. The van der Waals surface area contributed by atoms with Crippen LogP contribution in [0, 0.1) is 5.82 Å². The van der Waals surface area contributed by atoms with E-state index in [1.54, 1.807) is 6.07 Å². The molecule has 0 radical (unpaired) electrons. The standard InChI is InChI=1S/C17H19BrFN/c1-2-20-16(11-13-6-5-8-15(18)10-13)12-14-7-3-4-9-17(14)19/h3-10,16,20H,2,11-12H2,1H3. The zero-order valence-corrected chi connectivity index (χ0v) is 13.2. The molecule has 0 saturated carbocycles. The van der Waals surface area contributed by atoms with Gasteiger partial charge in [-0.1, -0.05) is 53.2 Å². The molecule has 0 amide bonds. The van der Waals surface area contributed by atoms with E-state index in [2.05, 4.69) is 40.3 Å². The monoisotopic (exact) mass is 335 g/mol. The normalized spacial score (nSPS) is 12.3. The fourth-order valence-electron chi connectivity index (χ4n) is 2.38. The van der Waals surface area contributed by atoms with Gasteiger partial charge in [-0.05, 0) is 48.7 Å². The predicted molar refractivity (Wildman–Crippen MR) is 85.4 cm³/mol. The Labute approximate surface area is 128 Å². The van der Waals surface area contributed by atoms with Gasteiger partial charge in [0.15, 0.2) is 0 Å². The van der Waals surface area contributed by atoms with E-state index in [0.717, 1.165) is 23.0 Å². The van der Waals surface area contributed by atoms with Gasteiger partial charge in [-0.25, -0.2) is 4.39 Å². The Hall–Kier alpha value is -1.19. The maximum atomic E-state index is 13.8. The van der Waals surface area contributed by atoms with Crippen molar-refractivity contribution in [3.05, 3.63) is 69.9 Å². The van der Waals surface area contributed by atoms with Crippen LogP contribution >= 0.6 is 15.9 Å². The molecule has 1 unspecified atom stereocenters. The molecule has 0 aromatic heterocycles. The molecule has 0 aliphatic carbocycles. The second-order valence-electron chi connectivity index (χ2n) is 4.88. The lowest BCUT2D eigenvalue weighted by Crippen LogP contribution is -2.33. The zero-order valence-electron chi connectivity index (χ0n) is 11.6. The molecule has 0 heterocycles. The summed E-state index contributed by atoms with van der Waals surface area (Å²) in [5.41, 5.74) is 2.02. The van der Waals surface area contributed by atoms with Crippen LogP contribution in [0.15, 0.2) is 53.0 Å². The molecule has 1 atom stereocenters. The minimum Gasteiger partial charge on any atom is -0.314 e. The third kappa shape index (κ3) is 4.43. The summed E-state index contributed by atoms with van der Waals surface area (Å²) in [6, 6.07) is 15.5. The molecule has 2 aromatic carbocycles. The number of likely N-dealkylation sites (N-methyl/N-ethyl adjacent to an activating group) is 1. The van der Waals surface area contributed by atoms with Crippen LogP contribution in [-0.4, -0.2) is 12.6 Å². The van der Waals surface area contributed by atoms with Crippen molar-refractivity contribution in [2.24, 2.45) is 0 Å². The van der Waals surface area contributed by atoms with Crippen LogP contribution in [0.2, 0.25) is 0 Å². The van der Waals surface area contributed by atoms with E-state index in [4.69, 9.17) is 0 Å². The summed E-state index contributed by atoms with van der Waals surface area (Å²) in [5, 5.41) is 3.44. The molecule has 1 nitrogen and oxygen atoms in total. The van der Waals surface area contributed by atoms with Gasteiger partial charge in [-0.15, -0.1) is 0 Å². The van der Waals surface area contributed by atoms with Gasteiger partial charge in [0.2, 0.25) is 0 Å². The van der Waals surface area contributed by atoms with E-state index < -0.39 is 0 Å². The third-order valence-electron chi connectivity index (χ3n) is 3.29. The first kappa shape index (κ1) is 15.2. The number of benzene rings is 2. The summed E-state index contributed by atoms with van der Waals surface area (Å²) in [6.45, 7) is 2.96. The lowest BCUT2D eigenvalue weighted by atomic mass is 9.98. The van der Waals surface area contributed by atoms with E-state index >= 15 is 0 Å². The van der Waals surface area contributed by atoms with Crippen molar-refractivity contribution in [3.8, 4) is 0 Å². The van der Waals surface area contributed by atoms with Gasteiger partial charge in [-0.3, -0.25) is 0 Å². The highest BCUT2D eigenvalue weighted by Gasteiger charge is 2.12. The van der Waals surface area contributed by atoms with Crippen LogP contribution in [0.25, 0.3) is 0 Å².